The summed E-state index contributed by atoms with van der Waals surface area (Å²) in [4.78, 5) is 0.0497. The van der Waals surface area contributed by atoms with Gasteiger partial charge in [0.15, 0.2) is 0 Å². The summed E-state index contributed by atoms with van der Waals surface area (Å²) in [5.41, 5.74) is 0. The maximum Gasteiger partial charge on any atom is 0.244 e. The van der Waals surface area contributed by atoms with Crippen molar-refractivity contribution in [1.82, 2.24) is 4.31 Å². The number of nitrogens with zero attached hydrogens (tertiary/aromatic N) is 1. The van der Waals surface area contributed by atoms with E-state index in [4.69, 9.17) is 34.8 Å². The fraction of sp³-hybridized carbons (Fsp3) is 0.455. The zero-order chi connectivity index (χ0) is 13.3. The fourth-order valence-corrected chi connectivity index (χ4v) is 4.45. The molecule has 0 amide bonds. The Balaban J connectivity index is 2.42. The molecule has 0 N–H and O–H groups in total. The third-order valence-corrected chi connectivity index (χ3v) is 5.58. The molecule has 1 aromatic carbocycles. The molecule has 1 fully saturated rings. The van der Waals surface area contributed by atoms with E-state index in [2.05, 4.69) is 0 Å². The summed E-state index contributed by atoms with van der Waals surface area (Å²) in [5, 5.41) is 0.527. The SMILES string of the molecule is O=S(=O)(c1cc(Cl)ccc1Cl)N(CCCl)C1CC1. The topological polar surface area (TPSA) is 37.4 Å². The smallest absolute Gasteiger partial charge is 0.207 e. The van der Waals surface area contributed by atoms with Crippen LogP contribution in [-0.4, -0.2) is 31.2 Å². The van der Waals surface area contributed by atoms with Gasteiger partial charge in [0.05, 0.1) is 5.02 Å². The maximum atomic E-state index is 12.5. The zero-order valence-corrected chi connectivity index (χ0v) is 12.5. The van der Waals surface area contributed by atoms with Crippen LogP contribution in [0.5, 0.6) is 0 Å². The summed E-state index contributed by atoms with van der Waals surface area (Å²) >= 11 is 17.5. The Kier molecular flexibility index (Phi) is 4.44. The van der Waals surface area contributed by atoms with Crippen molar-refractivity contribution in [3.05, 3.63) is 28.2 Å². The third-order valence-electron chi connectivity index (χ3n) is 2.74. The number of rotatable bonds is 5. The molecule has 0 atom stereocenters. The Bertz CT molecular complexity index is 543. The number of sulfonamides is 1. The molecule has 0 saturated heterocycles. The molecule has 0 unspecified atom stereocenters. The van der Waals surface area contributed by atoms with E-state index in [9.17, 15) is 8.42 Å². The molecule has 100 valence electrons. The maximum absolute atomic E-state index is 12.5. The van der Waals surface area contributed by atoms with Gasteiger partial charge >= 0.3 is 0 Å². The average Bonchev–Trinajstić information content (AvgIpc) is 3.13. The van der Waals surface area contributed by atoms with Gasteiger partial charge in [0.1, 0.15) is 4.90 Å². The molecule has 0 spiro atoms. The Labute approximate surface area is 122 Å². The predicted octanol–water partition coefficient (Wildman–Crippen LogP) is 3.39. The highest BCUT2D eigenvalue weighted by Gasteiger charge is 2.38. The summed E-state index contributed by atoms with van der Waals surface area (Å²) in [7, 11) is -3.62. The van der Waals surface area contributed by atoms with Crippen LogP contribution in [0.1, 0.15) is 12.8 Å². The molecule has 0 bridgehead atoms. The van der Waals surface area contributed by atoms with Crippen LogP contribution in [0.3, 0.4) is 0 Å². The lowest BCUT2D eigenvalue weighted by molar-refractivity contribution is 0.422. The van der Waals surface area contributed by atoms with Crippen molar-refractivity contribution >= 4 is 44.8 Å². The molecule has 0 radical (unpaired) electrons. The molecule has 2 rings (SSSR count). The zero-order valence-electron chi connectivity index (χ0n) is 9.44. The second kappa shape index (κ2) is 5.55. The third kappa shape index (κ3) is 2.94. The molecule has 0 aromatic heterocycles. The normalized spacial score (nSPS) is 16.2. The molecule has 7 heteroatoms. The van der Waals surface area contributed by atoms with Crippen LogP contribution >= 0.6 is 34.8 Å². The van der Waals surface area contributed by atoms with Crippen molar-refractivity contribution in [2.45, 2.75) is 23.8 Å². The van der Waals surface area contributed by atoms with Gasteiger partial charge in [-0.3, -0.25) is 0 Å². The quantitative estimate of drug-likeness (QED) is 0.777. The van der Waals surface area contributed by atoms with E-state index in [-0.39, 0.29) is 28.4 Å². The first kappa shape index (κ1) is 14.4. The largest absolute Gasteiger partial charge is 0.244 e. The van der Waals surface area contributed by atoms with Crippen molar-refractivity contribution < 1.29 is 8.42 Å². The lowest BCUT2D eigenvalue weighted by Crippen LogP contribution is -2.34. The first-order valence-corrected chi connectivity index (χ1v) is 8.22. The highest BCUT2D eigenvalue weighted by molar-refractivity contribution is 7.89. The van der Waals surface area contributed by atoms with Gasteiger partial charge in [0.25, 0.3) is 0 Å². The minimum Gasteiger partial charge on any atom is -0.207 e. The van der Waals surface area contributed by atoms with Crippen LogP contribution < -0.4 is 0 Å². The van der Waals surface area contributed by atoms with E-state index in [1.165, 1.54) is 16.4 Å². The van der Waals surface area contributed by atoms with Gasteiger partial charge in [0.2, 0.25) is 10.0 Å². The Morgan fingerprint density at radius 1 is 1.28 bits per heavy atom. The summed E-state index contributed by atoms with van der Waals surface area (Å²) in [6, 6.07) is 4.47. The lowest BCUT2D eigenvalue weighted by Gasteiger charge is -2.21. The molecule has 1 aromatic rings. The molecule has 0 heterocycles. The molecule has 1 aliphatic rings. The molecular weight excluding hydrogens is 317 g/mol. The van der Waals surface area contributed by atoms with Crippen LogP contribution in [-0.2, 0) is 10.0 Å². The number of halogens is 3. The van der Waals surface area contributed by atoms with E-state index in [1.807, 2.05) is 0 Å². The van der Waals surface area contributed by atoms with Gasteiger partial charge in [-0.2, -0.15) is 4.31 Å². The molecule has 1 aliphatic carbocycles. The number of benzene rings is 1. The highest BCUT2D eigenvalue weighted by Crippen LogP contribution is 2.35. The Morgan fingerprint density at radius 2 is 1.94 bits per heavy atom. The highest BCUT2D eigenvalue weighted by atomic mass is 35.5. The van der Waals surface area contributed by atoms with E-state index in [0.717, 1.165) is 12.8 Å². The van der Waals surface area contributed by atoms with E-state index < -0.39 is 10.0 Å². The number of hydrogen-bond acceptors (Lipinski definition) is 2. The second-order valence-electron chi connectivity index (χ2n) is 4.11. The van der Waals surface area contributed by atoms with Crippen LogP contribution in [0.2, 0.25) is 10.0 Å². The molecule has 3 nitrogen and oxygen atoms in total. The van der Waals surface area contributed by atoms with Gasteiger partial charge in [-0.25, -0.2) is 8.42 Å². The molecule has 18 heavy (non-hydrogen) atoms. The van der Waals surface area contributed by atoms with E-state index >= 15 is 0 Å². The minimum atomic E-state index is -3.62. The monoisotopic (exact) mass is 327 g/mol. The number of hydrogen-bond donors (Lipinski definition) is 0. The Hall–Kier alpha value is -0.0000000000000000555. The van der Waals surface area contributed by atoms with Crippen LogP contribution in [0.15, 0.2) is 23.1 Å². The van der Waals surface area contributed by atoms with E-state index in [0.29, 0.717) is 5.02 Å². The van der Waals surface area contributed by atoms with E-state index in [1.54, 1.807) is 6.07 Å². The van der Waals surface area contributed by atoms with Crippen molar-refractivity contribution in [3.63, 3.8) is 0 Å². The van der Waals surface area contributed by atoms with Crippen LogP contribution in [0.25, 0.3) is 0 Å². The molecule has 0 aliphatic heterocycles. The number of alkyl halides is 1. The van der Waals surface area contributed by atoms with Crippen LogP contribution in [0.4, 0.5) is 0 Å². The molecule has 1 saturated carbocycles. The van der Waals surface area contributed by atoms with Crippen molar-refractivity contribution in [2.24, 2.45) is 0 Å². The first-order chi connectivity index (χ1) is 8.46. The fourth-order valence-electron chi connectivity index (χ4n) is 1.75. The van der Waals surface area contributed by atoms with Gasteiger partial charge < -0.3 is 0 Å². The summed E-state index contributed by atoms with van der Waals surface area (Å²) in [5.74, 6) is 0.258. The first-order valence-electron chi connectivity index (χ1n) is 5.49. The Morgan fingerprint density at radius 3 is 2.50 bits per heavy atom. The minimum absolute atomic E-state index is 0.0452. The summed E-state index contributed by atoms with van der Waals surface area (Å²) in [6.07, 6.45) is 1.74. The van der Waals surface area contributed by atoms with Crippen molar-refractivity contribution in [2.75, 3.05) is 12.4 Å². The summed E-state index contributed by atoms with van der Waals surface area (Å²) < 4.78 is 26.4. The predicted molar refractivity (Wildman–Crippen MR) is 74.1 cm³/mol. The summed E-state index contributed by atoms with van der Waals surface area (Å²) in [6.45, 7) is 0.289. The van der Waals surface area contributed by atoms with Gasteiger partial charge in [0, 0.05) is 23.5 Å². The van der Waals surface area contributed by atoms with Crippen molar-refractivity contribution in [3.8, 4) is 0 Å². The van der Waals surface area contributed by atoms with Gasteiger partial charge in [-0.05, 0) is 31.0 Å². The van der Waals surface area contributed by atoms with Crippen LogP contribution in [0, 0.1) is 0 Å². The molecular formula is C11H12Cl3NO2S. The van der Waals surface area contributed by atoms with Gasteiger partial charge in [-0.1, -0.05) is 23.2 Å². The van der Waals surface area contributed by atoms with Crippen molar-refractivity contribution in [1.29, 1.82) is 0 Å². The second-order valence-corrected chi connectivity index (χ2v) is 7.19. The van der Waals surface area contributed by atoms with Gasteiger partial charge in [-0.15, -0.1) is 11.6 Å². The standard InChI is InChI=1S/C11H12Cl3NO2S/c12-5-6-15(9-2-3-9)18(16,17)11-7-8(13)1-4-10(11)14/h1,4,7,9H,2-3,5-6H2. The lowest BCUT2D eigenvalue weighted by atomic mass is 10.4. The average molecular weight is 329 g/mol.